The molecule has 0 saturated heterocycles. The van der Waals surface area contributed by atoms with Crippen LogP contribution in [0.4, 0.5) is 5.69 Å². The largest absolute Gasteiger partial charge is 0.491 e. The van der Waals surface area contributed by atoms with Crippen LogP contribution in [-0.4, -0.2) is 97.1 Å². The van der Waals surface area contributed by atoms with Gasteiger partial charge in [0.05, 0.1) is 79.3 Å². The lowest BCUT2D eigenvalue weighted by molar-refractivity contribution is -0.114. The van der Waals surface area contributed by atoms with E-state index in [1.807, 2.05) is 0 Å². The first-order valence-electron chi connectivity index (χ1n) is 10.7. The highest BCUT2D eigenvalue weighted by Gasteiger charge is 1.98. The Morgan fingerprint density at radius 2 is 1.03 bits per heavy atom. The fraction of sp³-hybridized carbons (Fsp3) is 0.682. The summed E-state index contributed by atoms with van der Waals surface area (Å²) in [6.45, 7) is 8.44. The molecule has 0 spiro atoms. The molecule has 1 rings (SSSR count). The molecule has 1 N–H and O–H groups in total. The van der Waals surface area contributed by atoms with E-state index in [4.69, 9.17) is 33.2 Å². The van der Waals surface area contributed by atoms with Crippen molar-refractivity contribution in [2.75, 3.05) is 96.5 Å². The molecule has 0 aliphatic heterocycles. The summed E-state index contributed by atoms with van der Waals surface area (Å²) in [5.74, 6) is 0.623. The predicted octanol–water partition coefficient (Wildman–Crippen LogP) is 2.52. The van der Waals surface area contributed by atoms with Gasteiger partial charge in [0.25, 0.3) is 0 Å². The van der Waals surface area contributed by atoms with E-state index >= 15 is 0 Å². The molecule has 0 aliphatic rings. The maximum atomic E-state index is 11.0. The Kier molecular flexibility index (Phi) is 19.4. The summed E-state index contributed by atoms with van der Waals surface area (Å²) in [7, 11) is 0. The highest BCUT2D eigenvalue weighted by atomic mass is 79.9. The van der Waals surface area contributed by atoms with Gasteiger partial charge < -0.3 is 38.5 Å². The summed E-state index contributed by atoms with van der Waals surface area (Å²) in [5, 5.41) is 3.54. The van der Waals surface area contributed by atoms with Gasteiger partial charge in [0.15, 0.2) is 0 Å². The number of anilines is 1. The van der Waals surface area contributed by atoms with Gasteiger partial charge in [0, 0.05) is 17.9 Å². The minimum absolute atomic E-state index is 0.102. The molecule has 1 aromatic rings. The second-order valence-corrected chi connectivity index (χ2v) is 7.21. The maximum Gasteiger partial charge on any atom is 0.221 e. The maximum absolute atomic E-state index is 11.0. The Bertz CT molecular complexity index is 561. The van der Waals surface area contributed by atoms with Crippen LogP contribution in [0.1, 0.15) is 6.92 Å². The molecule has 184 valence electrons. The third kappa shape index (κ3) is 18.3. The van der Waals surface area contributed by atoms with E-state index in [0.717, 1.165) is 16.8 Å². The first-order valence-corrected chi connectivity index (χ1v) is 11.9. The fourth-order valence-electron chi connectivity index (χ4n) is 2.31. The van der Waals surface area contributed by atoms with Gasteiger partial charge in [-0.2, -0.15) is 0 Å². The summed E-state index contributed by atoms with van der Waals surface area (Å²) in [5.41, 5.74) is 0.738. The molecule has 0 heterocycles. The molecule has 0 unspecified atom stereocenters. The highest BCUT2D eigenvalue weighted by Crippen LogP contribution is 2.15. The van der Waals surface area contributed by atoms with E-state index < -0.39 is 0 Å². The van der Waals surface area contributed by atoms with Crippen molar-refractivity contribution in [1.29, 1.82) is 0 Å². The second-order valence-electron chi connectivity index (χ2n) is 6.42. The summed E-state index contributed by atoms with van der Waals surface area (Å²) in [6.07, 6.45) is 0. The van der Waals surface area contributed by atoms with Gasteiger partial charge in [-0.1, -0.05) is 15.9 Å². The smallest absolute Gasteiger partial charge is 0.221 e. The molecule has 32 heavy (non-hydrogen) atoms. The van der Waals surface area contributed by atoms with Crippen LogP contribution < -0.4 is 10.1 Å². The number of hydrogen-bond donors (Lipinski definition) is 1. The van der Waals surface area contributed by atoms with Crippen molar-refractivity contribution < 1.29 is 38.0 Å². The van der Waals surface area contributed by atoms with Crippen LogP contribution in [-0.2, 0) is 33.2 Å². The summed E-state index contributed by atoms with van der Waals surface area (Å²) >= 11 is 3.29. The second kappa shape index (κ2) is 21.6. The topological polar surface area (TPSA) is 93.7 Å². The minimum Gasteiger partial charge on any atom is -0.491 e. The standard InChI is InChI=1S/C22H36BrNO8/c1-20(25)24-21-2-4-22(5-3-21)32-19-18-31-17-16-30-15-14-29-13-12-28-11-10-27-9-8-26-7-6-23/h2-5H,6-19H2,1H3,(H,24,25). The van der Waals surface area contributed by atoms with Crippen LogP contribution in [0.25, 0.3) is 0 Å². The molecule has 1 amide bonds. The Hall–Kier alpha value is -1.27. The van der Waals surface area contributed by atoms with Crippen molar-refractivity contribution >= 4 is 27.5 Å². The number of carbonyl (C=O) groups excluding carboxylic acids is 1. The van der Waals surface area contributed by atoms with E-state index in [1.54, 1.807) is 24.3 Å². The number of benzene rings is 1. The van der Waals surface area contributed by atoms with Crippen molar-refractivity contribution in [3.05, 3.63) is 24.3 Å². The van der Waals surface area contributed by atoms with Gasteiger partial charge in [0.1, 0.15) is 12.4 Å². The number of ether oxygens (including phenoxy) is 7. The average molecular weight is 522 g/mol. The van der Waals surface area contributed by atoms with Gasteiger partial charge in [-0.15, -0.1) is 0 Å². The molecule has 0 aliphatic carbocycles. The number of carbonyl (C=O) groups is 1. The Balaban J connectivity index is 1.76. The summed E-state index contributed by atoms with van der Waals surface area (Å²) < 4.78 is 38.0. The predicted molar refractivity (Wildman–Crippen MR) is 125 cm³/mol. The van der Waals surface area contributed by atoms with E-state index in [-0.39, 0.29) is 5.91 Å². The number of nitrogens with one attached hydrogen (secondary N) is 1. The quantitative estimate of drug-likeness (QED) is 0.184. The van der Waals surface area contributed by atoms with Crippen LogP contribution in [0.2, 0.25) is 0 Å². The molecule has 0 bridgehead atoms. The van der Waals surface area contributed by atoms with Crippen molar-refractivity contribution in [3.63, 3.8) is 0 Å². The van der Waals surface area contributed by atoms with Crippen molar-refractivity contribution in [2.24, 2.45) is 0 Å². The minimum atomic E-state index is -0.102. The number of halogens is 1. The van der Waals surface area contributed by atoms with Crippen molar-refractivity contribution in [3.8, 4) is 5.75 Å². The molecule has 10 heteroatoms. The third-order valence-electron chi connectivity index (χ3n) is 3.75. The molecule has 0 aromatic heterocycles. The molecule has 1 aromatic carbocycles. The molecule has 0 fully saturated rings. The van der Waals surface area contributed by atoms with Gasteiger partial charge in [-0.3, -0.25) is 4.79 Å². The van der Waals surface area contributed by atoms with E-state index in [0.29, 0.717) is 85.9 Å². The SMILES string of the molecule is CC(=O)Nc1ccc(OCCOCCOCCOCCOCCOCCOCCBr)cc1. The zero-order valence-electron chi connectivity index (χ0n) is 18.9. The fourth-order valence-corrected chi connectivity index (χ4v) is 2.54. The lowest BCUT2D eigenvalue weighted by Gasteiger charge is -2.09. The molecular formula is C22H36BrNO8. The van der Waals surface area contributed by atoms with Gasteiger partial charge in [-0.25, -0.2) is 0 Å². The molecule has 9 nitrogen and oxygen atoms in total. The molecular weight excluding hydrogens is 486 g/mol. The average Bonchev–Trinajstić information content (AvgIpc) is 2.78. The molecule has 0 saturated carbocycles. The van der Waals surface area contributed by atoms with Crippen molar-refractivity contribution in [1.82, 2.24) is 0 Å². The lowest BCUT2D eigenvalue weighted by atomic mass is 10.3. The number of amides is 1. The number of alkyl halides is 1. The Morgan fingerprint density at radius 3 is 1.41 bits per heavy atom. The first kappa shape index (κ1) is 28.8. The first-order chi connectivity index (χ1) is 15.7. The van der Waals surface area contributed by atoms with E-state index in [1.165, 1.54) is 6.92 Å². The summed E-state index contributed by atoms with van der Waals surface area (Å²) in [6, 6.07) is 7.19. The number of hydrogen-bond acceptors (Lipinski definition) is 8. The van der Waals surface area contributed by atoms with Gasteiger partial charge in [0.2, 0.25) is 5.91 Å². The van der Waals surface area contributed by atoms with E-state index in [2.05, 4.69) is 21.2 Å². The van der Waals surface area contributed by atoms with Crippen LogP contribution in [0.3, 0.4) is 0 Å². The third-order valence-corrected chi connectivity index (χ3v) is 4.08. The van der Waals surface area contributed by atoms with Crippen LogP contribution in [0.15, 0.2) is 24.3 Å². The summed E-state index contributed by atoms with van der Waals surface area (Å²) in [4.78, 5) is 11.0. The Labute approximate surface area is 199 Å². The van der Waals surface area contributed by atoms with E-state index in [9.17, 15) is 4.79 Å². The van der Waals surface area contributed by atoms with Crippen LogP contribution >= 0.6 is 15.9 Å². The molecule has 0 atom stereocenters. The van der Waals surface area contributed by atoms with Crippen LogP contribution in [0.5, 0.6) is 5.75 Å². The Morgan fingerprint density at radius 1 is 0.656 bits per heavy atom. The lowest BCUT2D eigenvalue weighted by Crippen LogP contribution is -2.15. The zero-order chi connectivity index (χ0) is 23.1. The zero-order valence-corrected chi connectivity index (χ0v) is 20.4. The number of rotatable bonds is 22. The van der Waals surface area contributed by atoms with Crippen molar-refractivity contribution in [2.45, 2.75) is 6.92 Å². The normalized spacial score (nSPS) is 10.9. The highest BCUT2D eigenvalue weighted by molar-refractivity contribution is 9.09. The van der Waals surface area contributed by atoms with Gasteiger partial charge in [-0.05, 0) is 24.3 Å². The van der Waals surface area contributed by atoms with Crippen LogP contribution in [0, 0.1) is 0 Å². The van der Waals surface area contributed by atoms with Gasteiger partial charge >= 0.3 is 0 Å². The monoisotopic (exact) mass is 521 g/mol. The molecule has 0 radical (unpaired) electrons.